The Morgan fingerprint density at radius 1 is 1.38 bits per heavy atom. The Balaban J connectivity index is 2.69. The first-order chi connectivity index (χ1) is 5.86. The molecule has 1 rings (SSSR count). The number of ketones is 1. The van der Waals surface area contributed by atoms with Crippen molar-refractivity contribution in [1.82, 2.24) is 0 Å². The molecule has 1 unspecified atom stereocenters. The number of ether oxygens (including phenoxy) is 1. The van der Waals surface area contributed by atoms with Crippen LogP contribution in [0.4, 0.5) is 8.78 Å². The average Bonchev–Trinajstić information content (AvgIpc) is 2.12. The van der Waals surface area contributed by atoms with Gasteiger partial charge in [-0.15, -0.1) is 0 Å². The molecule has 0 aromatic rings. The van der Waals surface area contributed by atoms with Gasteiger partial charge in [-0.3, -0.25) is 4.79 Å². The number of rotatable bonds is 1. The van der Waals surface area contributed by atoms with E-state index in [4.69, 9.17) is 4.74 Å². The van der Waals surface area contributed by atoms with Gasteiger partial charge in [-0.2, -0.15) is 0 Å². The van der Waals surface area contributed by atoms with E-state index in [9.17, 15) is 13.6 Å². The zero-order valence-electron chi connectivity index (χ0n) is 7.90. The average molecular weight is 192 g/mol. The summed E-state index contributed by atoms with van der Waals surface area (Å²) in [6.07, 6.45) is 0.539. The van der Waals surface area contributed by atoms with Crippen LogP contribution in [0.5, 0.6) is 0 Å². The van der Waals surface area contributed by atoms with Crippen LogP contribution in [0.2, 0.25) is 0 Å². The van der Waals surface area contributed by atoms with Crippen molar-refractivity contribution in [2.45, 2.75) is 44.6 Å². The minimum Gasteiger partial charge on any atom is -0.361 e. The second-order valence-electron chi connectivity index (χ2n) is 3.79. The number of Topliss-reactive ketones (excluding diaryl/α,β-unsaturated/α-hetero) is 1. The Morgan fingerprint density at radius 2 is 2.00 bits per heavy atom. The molecule has 1 heterocycles. The molecular formula is C9H14F2O2. The zero-order chi connectivity index (χ0) is 10.1. The summed E-state index contributed by atoms with van der Waals surface area (Å²) in [5.41, 5.74) is -1.00. The summed E-state index contributed by atoms with van der Waals surface area (Å²) in [5.74, 6) is -2.95. The fourth-order valence-corrected chi connectivity index (χ4v) is 1.37. The van der Waals surface area contributed by atoms with E-state index >= 15 is 0 Å². The van der Waals surface area contributed by atoms with Gasteiger partial charge in [0.05, 0.1) is 0 Å². The minimum atomic E-state index is -2.77. The summed E-state index contributed by atoms with van der Waals surface area (Å²) in [6.45, 7) is 2.32. The SMILES string of the molecule is CC(=O)C1(C)CCCC(F)(F)CO1. The Bertz CT molecular complexity index is 216. The van der Waals surface area contributed by atoms with Crippen molar-refractivity contribution >= 4 is 5.78 Å². The number of carbonyl (C=O) groups excluding carboxylic acids is 1. The summed E-state index contributed by atoms with van der Waals surface area (Å²) in [4.78, 5) is 11.1. The van der Waals surface area contributed by atoms with Gasteiger partial charge in [0.15, 0.2) is 5.78 Å². The van der Waals surface area contributed by atoms with E-state index in [-0.39, 0.29) is 12.2 Å². The summed E-state index contributed by atoms with van der Waals surface area (Å²) in [6, 6.07) is 0. The highest BCUT2D eigenvalue weighted by Crippen LogP contribution is 2.32. The molecule has 0 saturated carbocycles. The predicted molar refractivity (Wildman–Crippen MR) is 43.8 cm³/mol. The van der Waals surface area contributed by atoms with Gasteiger partial charge in [0.25, 0.3) is 5.92 Å². The molecular weight excluding hydrogens is 178 g/mol. The number of halogens is 2. The molecule has 0 aromatic carbocycles. The van der Waals surface area contributed by atoms with E-state index in [0.29, 0.717) is 12.8 Å². The molecule has 76 valence electrons. The van der Waals surface area contributed by atoms with Crippen molar-refractivity contribution < 1.29 is 18.3 Å². The van der Waals surface area contributed by atoms with Crippen LogP contribution in [-0.4, -0.2) is 23.9 Å². The van der Waals surface area contributed by atoms with Gasteiger partial charge < -0.3 is 4.74 Å². The van der Waals surface area contributed by atoms with Gasteiger partial charge in [0.1, 0.15) is 12.2 Å². The van der Waals surface area contributed by atoms with Crippen LogP contribution in [0.3, 0.4) is 0 Å². The van der Waals surface area contributed by atoms with Crippen molar-refractivity contribution in [3.05, 3.63) is 0 Å². The van der Waals surface area contributed by atoms with E-state index in [0.717, 1.165) is 0 Å². The monoisotopic (exact) mass is 192 g/mol. The van der Waals surface area contributed by atoms with Gasteiger partial charge >= 0.3 is 0 Å². The molecule has 0 radical (unpaired) electrons. The van der Waals surface area contributed by atoms with Crippen LogP contribution in [0.25, 0.3) is 0 Å². The molecule has 0 aliphatic carbocycles. The predicted octanol–water partition coefficient (Wildman–Crippen LogP) is 2.17. The number of alkyl halides is 2. The van der Waals surface area contributed by atoms with Crippen LogP contribution >= 0.6 is 0 Å². The highest BCUT2D eigenvalue weighted by Gasteiger charge is 2.40. The summed E-state index contributed by atoms with van der Waals surface area (Å²) < 4.78 is 30.6. The molecule has 0 bridgehead atoms. The molecule has 0 N–H and O–H groups in total. The van der Waals surface area contributed by atoms with Gasteiger partial charge in [0, 0.05) is 6.42 Å². The molecule has 1 aliphatic rings. The van der Waals surface area contributed by atoms with E-state index in [1.54, 1.807) is 6.92 Å². The first-order valence-electron chi connectivity index (χ1n) is 4.39. The van der Waals surface area contributed by atoms with E-state index in [1.807, 2.05) is 0 Å². The Labute approximate surface area is 76.3 Å². The van der Waals surface area contributed by atoms with Crippen LogP contribution < -0.4 is 0 Å². The maximum absolute atomic E-state index is 12.8. The lowest BCUT2D eigenvalue weighted by molar-refractivity contribution is -0.151. The molecule has 1 saturated heterocycles. The third kappa shape index (κ3) is 2.46. The summed E-state index contributed by atoms with van der Waals surface area (Å²) in [7, 11) is 0. The largest absolute Gasteiger partial charge is 0.361 e. The van der Waals surface area contributed by atoms with E-state index in [1.165, 1.54) is 6.92 Å². The van der Waals surface area contributed by atoms with Gasteiger partial charge in [0.2, 0.25) is 0 Å². The topological polar surface area (TPSA) is 26.3 Å². The lowest BCUT2D eigenvalue weighted by Crippen LogP contribution is -2.37. The molecule has 1 fully saturated rings. The third-order valence-corrected chi connectivity index (χ3v) is 2.54. The smallest absolute Gasteiger partial charge is 0.271 e. The maximum atomic E-state index is 12.8. The molecule has 4 heteroatoms. The van der Waals surface area contributed by atoms with Crippen molar-refractivity contribution in [1.29, 1.82) is 0 Å². The molecule has 2 nitrogen and oxygen atoms in total. The Hall–Kier alpha value is -0.510. The molecule has 1 aliphatic heterocycles. The number of hydrogen-bond donors (Lipinski definition) is 0. The maximum Gasteiger partial charge on any atom is 0.271 e. The van der Waals surface area contributed by atoms with E-state index in [2.05, 4.69) is 0 Å². The number of hydrogen-bond acceptors (Lipinski definition) is 2. The van der Waals surface area contributed by atoms with Crippen molar-refractivity contribution in [2.24, 2.45) is 0 Å². The fourth-order valence-electron chi connectivity index (χ4n) is 1.37. The summed E-state index contributed by atoms with van der Waals surface area (Å²) in [5, 5.41) is 0. The van der Waals surface area contributed by atoms with Crippen molar-refractivity contribution in [3.63, 3.8) is 0 Å². The lowest BCUT2D eigenvalue weighted by Gasteiger charge is -2.25. The molecule has 1 atom stereocenters. The zero-order valence-corrected chi connectivity index (χ0v) is 7.90. The van der Waals surface area contributed by atoms with Crippen molar-refractivity contribution in [2.75, 3.05) is 6.61 Å². The Morgan fingerprint density at radius 3 is 2.54 bits per heavy atom. The third-order valence-electron chi connectivity index (χ3n) is 2.54. The lowest BCUT2D eigenvalue weighted by atomic mass is 9.95. The first-order valence-corrected chi connectivity index (χ1v) is 4.39. The second-order valence-corrected chi connectivity index (χ2v) is 3.79. The van der Waals surface area contributed by atoms with Gasteiger partial charge in [-0.1, -0.05) is 0 Å². The quantitative estimate of drug-likeness (QED) is 0.636. The molecule has 0 aromatic heterocycles. The molecule has 0 amide bonds. The Kier molecular flexibility index (Phi) is 2.71. The fraction of sp³-hybridized carbons (Fsp3) is 0.889. The highest BCUT2D eigenvalue weighted by molar-refractivity contribution is 5.84. The molecule has 0 spiro atoms. The van der Waals surface area contributed by atoms with Crippen LogP contribution in [0, 0.1) is 0 Å². The minimum absolute atomic E-state index is 0.176. The van der Waals surface area contributed by atoms with Crippen molar-refractivity contribution in [3.8, 4) is 0 Å². The first kappa shape index (κ1) is 10.6. The van der Waals surface area contributed by atoms with Gasteiger partial charge in [-0.25, -0.2) is 8.78 Å². The number of carbonyl (C=O) groups is 1. The van der Waals surface area contributed by atoms with Crippen LogP contribution in [-0.2, 0) is 9.53 Å². The second kappa shape index (κ2) is 3.33. The van der Waals surface area contributed by atoms with Crippen LogP contribution in [0.15, 0.2) is 0 Å². The molecule has 13 heavy (non-hydrogen) atoms. The van der Waals surface area contributed by atoms with Gasteiger partial charge in [-0.05, 0) is 26.7 Å². The standard InChI is InChI=1S/C9H14F2O2/c1-7(12)8(2)4-3-5-9(10,11)6-13-8/h3-6H2,1-2H3. The normalized spacial score (nSPS) is 33.8. The summed E-state index contributed by atoms with van der Waals surface area (Å²) >= 11 is 0. The van der Waals surface area contributed by atoms with Crippen LogP contribution in [0.1, 0.15) is 33.1 Å². The highest BCUT2D eigenvalue weighted by atomic mass is 19.3. The van der Waals surface area contributed by atoms with E-state index < -0.39 is 18.1 Å².